The lowest BCUT2D eigenvalue weighted by Gasteiger charge is -2.25. The van der Waals surface area contributed by atoms with Crippen molar-refractivity contribution in [2.45, 2.75) is 13.5 Å². The molecule has 0 radical (unpaired) electrons. The summed E-state index contributed by atoms with van der Waals surface area (Å²) in [6, 6.07) is 1.85. The highest BCUT2D eigenvalue weighted by atomic mass is 32.2. The predicted octanol–water partition coefficient (Wildman–Crippen LogP) is -0.235. The van der Waals surface area contributed by atoms with Crippen LogP contribution in [0.2, 0.25) is 0 Å². The Hall–Kier alpha value is -1.45. The summed E-state index contributed by atoms with van der Waals surface area (Å²) in [6.07, 6.45) is 1.18. The van der Waals surface area contributed by atoms with Gasteiger partial charge in [0, 0.05) is 52.9 Å². The van der Waals surface area contributed by atoms with E-state index in [1.807, 2.05) is 13.0 Å². The molecular formula is C14H24N4O4S. The largest absolute Gasteiger partial charge is 0.361 e. The number of sulfonamides is 1. The van der Waals surface area contributed by atoms with Crippen LogP contribution in [0, 0.1) is 12.8 Å². The fraction of sp³-hybridized carbons (Fsp3) is 0.714. The van der Waals surface area contributed by atoms with Gasteiger partial charge in [-0.15, -0.1) is 0 Å². The minimum absolute atomic E-state index is 0.0677. The highest BCUT2D eigenvalue weighted by Crippen LogP contribution is 2.16. The molecule has 23 heavy (non-hydrogen) atoms. The van der Waals surface area contributed by atoms with Crippen LogP contribution in [0.25, 0.3) is 0 Å². The van der Waals surface area contributed by atoms with Crippen molar-refractivity contribution in [2.75, 3.05) is 46.5 Å². The van der Waals surface area contributed by atoms with Gasteiger partial charge in [0.1, 0.15) is 5.76 Å². The third-order valence-electron chi connectivity index (χ3n) is 3.89. The lowest BCUT2D eigenvalue weighted by Crippen LogP contribution is -2.41. The quantitative estimate of drug-likeness (QED) is 0.749. The number of rotatable bonds is 4. The van der Waals surface area contributed by atoms with E-state index in [9.17, 15) is 13.2 Å². The SMILES string of the molecule is Cc1cc(CN2CCN(S(C)(=O)=O)C[C@@H](C(=O)N(C)C)C2)no1. The number of aryl methyl sites for hydroxylation is 1. The first-order chi connectivity index (χ1) is 10.7. The molecule has 1 saturated heterocycles. The number of carbonyl (C=O) groups is 1. The molecule has 2 rings (SSSR count). The van der Waals surface area contributed by atoms with E-state index in [4.69, 9.17) is 4.52 Å². The van der Waals surface area contributed by atoms with E-state index >= 15 is 0 Å². The molecule has 1 amide bonds. The molecule has 1 atom stereocenters. The Morgan fingerprint density at radius 2 is 2.09 bits per heavy atom. The van der Waals surface area contributed by atoms with Crippen molar-refractivity contribution in [1.82, 2.24) is 19.3 Å². The fourth-order valence-electron chi connectivity index (χ4n) is 2.74. The van der Waals surface area contributed by atoms with E-state index in [-0.39, 0.29) is 12.5 Å². The van der Waals surface area contributed by atoms with Gasteiger partial charge in [-0.1, -0.05) is 5.16 Å². The molecule has 1 fully saturated rings. The molecule has 1 aromatic heterocycles. The maximum absolute atomic E-state index is 12.4. The molecule has 0 aromatic carbocycles. The molecule has 0 bridgehead atoms. The number of carbonyl (C=O) groups excluding carboxylic acids is 1. The molecule has 0 aliphatic carbocycles. The molecule has 1 aromatic rings. The monoisotopic (exact) mass is 344 g/mol. The van der Waals surface area contributed by atoms with Crippen molar-refractivity contribution < 1.29 is 17.7 Å². The van der Waals surface area contributed by atoms with Crippen LogP contribution in [0.4, 0.5) is 0 Å². The second-order valence-corrected chi connectivity index (χ2v) is 8.20. The second kappa shape index (κ2) is 6.98. The van der Waals surface area contributed by atoms with Crippen LogP contribution in [0.15, 0.2) is 10.6 Å². The number of nitrogens with zero attached hydrogens (tertiary/aromatic N) is 4. The van der Waals surface area contributed by atoms with Gasteiger partial charge in [-0.25, -0.2) is 12.7 Å². The van der Waals surface area contributed by atoms with Gasteiger partial charge in [0.25, 0.3) is 0 Å². The molecular weight excluding hydrogens is 320 g/mol. The molecule has 0 saturated carbocycles. The first-order valence-electron chi connectivity index (χ1n) is 7.47. The average molecular weight is 344 g/mol. The topological polar surface area (TPSA) is 87.0 Å². The first-order valence-corrected chi connectivity index (χ1v) is 9.32. The Morgan fingerprint density at radius 1 is 1.39 bits per heavy atom. The van der Waals surface area contributed by atoms with Crippen LogP contribution in [0.1, 0.15) is 11.5 Å². The van der Waals surface area contributed by atoms with Gasteiger partial charge < -0.3 is 9.42 Å². The molecule has 9 heteroatoms. The van der Waals surface area contributed by atoms with E-state index in [1.54, 1.807) is 14.1 Å². The zero-order valence-electron chi connectivity index (χ0n) is 14.0. The van der Waals surface area contributed by atoms with Crippen molar-refractivity contribution in [2.24, 2.45) is 5.92 Å². The smallest absolute Gasteiger partial charge is 0.227 e. The molecule has 1 aliphatic heterocycles. The summed E-state index contributed by atoms with van der Waals surface area (Å²) in [5, 5.41) is 3.97. The van der Waals surface area contributed by atoms with Crippen LogP contribution in [-0.4, -0.2) is 80.1 Å². The highest BCUT2D eigenvalue weighted by molar-refractivity contribution is 7.88. The minimum atomic E-state index is -3.33. The average Bonchev–Trinajstić information content (AvgIpc) is 2.72. The highest BCUT2D eigenvalue weighted by Gasteiger charge is 2.32. The number of hydrogen-bond acceptors (Lipinski definition) is 6. The van der Waals surface area contributed by atoms with Gasteiger partial charge in [0.2, 0.25) is 15.9 Å². The van der Waals surface area contributed by atoms with Crippen molar-refractivity contribution >= 4 is 15.9 Å². The van der Waals surface area contributed by atoms with E-state index in [2.05, 4.69) is 10.1 Å². The van der Waals surface area contributed by atoms with Crippen LogP contribution >= 0.6 is 0 Å². The maximum Gasteiger partial charge on any atom is 0.227 e. The molecule has 0 spiro atoms. The van der Waals surface area contributed by atoms with Gasteiger partial charge in [0.15, 0.2) is 0 Å². The molecule has 8 nitrogen and oxygen atoms in total. The standard InChI is InChI=1S/C14H24N4O4S/c1-11-7-13(15-22-11)10-17-5-6-18(23(4,20)21)9-12(8-17)14(19)16(2)3/h7,12H,5-6,8-10H2,1-4H3/t12-/m0/s1. The number of amides is 1. The molecule has 2 heterocycles. The van der Waals surface area contributed by atoms with Crippen LogP contribution < -0.4 is 0 Å². The Kier molecular flexibility index (Phi) is 5.43. The van der Waals surface area contributed by atoms with Gasteiger partial charge in [-0.05, 0) is 6.92 Å². The Labute approximate surface area is 137 Å². The Bertz CT molecular complexity index is 655. The number of aromatic nitrogens is 1. The lowest BCUT2D eigenvalue weighted by atomic mass is 10.1. The van der Waals surface area contributed by atoms with Gasteiger partial charge in [-0.2, -0.15) is 0 Å². The summed E-state index contributed by atoms with van der Waals surface area (Å²) < 4.78 is 30.3. The van der Waals surface area contributed by atoms with Crippen molar-refractivity contribution in [3.63, 3.8) is 0 Å². The zero-order valence-corrected chi connectivity index (χ0v) is 14.8. The summed E-state index contributed by atoms with van der Waals surface area (Å²) >= 11 is 0. The van der Waals surface area contributed by atoms with E-state index in [0.717, 1.165) is 11.5 Å². The van der Waals surface area contributed by atoms with E-state index in [0.29, 0.717) is 26.2 Å². The molecule has 0 unspecified atom stereocenters. The second-order valence-electron chi connectivity index (χ2n) is 6.21. The van der Waals surface area contributed by atoms with Crippen LogP contribution in [0.3, 0.4) is 0 Å². The predicted molar refractivity (Wildman–Crippen MR) is 85.1 cm³/mol. The Morgan fingerprint density at radius 3 is 2.61 bits per heavy atom. The van der Waals surface area contributed by atoms with Crippen LogP contribution in [-0.2, 0) is 21.4 Å². The third-order valence-corrected chi connectivity index (χ3v) is 5.16. The molecule has 130 valence electrons. The third kappa shape index (κ3) is 4.76. The lowest BCUT2D eigenvalue weighted by molar-refractivity contribution is -0.133. The normalized spacial score (nSPS) is 21.1. The van der Waals surface area contributed by atoms with Crippen molar-refractivity contribution in [1.29, 1.82) is 0 Å². The maximum atomic E-state index is 12.4. The van der Waals surface area contributed by atoms with Gasteiger partial charge in [-0.3, -0.25) is 9.69 Å². The fourth-order valence-corrected chi connectivity index (χ4v) is 3.60. The van der Waals surface area contributed by atoms with Crippen molar-refractivity contribution in [3.05, 3.63) is 17.5 Å². The zero-order chi connectivity index (χ0) is 17.2. The Balaban J connectivity index is 2.17. The summed E-state index contributed by atoms with van der Waals surface area (Å²) in [5.74, 6) is 0.269. The van der Waals surface area contributed by atoms with Crippen LogP contribution in [0.5, 0.6) is 0 Å². The minimum Gasteiger partial charge on any atom is -0.361 e. The van der Waals surface area contributed by atoms with E-state index < -0.39 is 15.9 Å². The molecule has 0 N–H and O–H groups in total. The summed E-state index contributed by atoms with van der Waals surface area (Å²) in [5.41, 5.74) is 0.784. The first kappa shape index (κ1) is 17.9. The van der Waals surface area contributed by atoms with Gasteiger partial charge >= 0.3 is 0 Å². The van der Waals surface area contributed by atoms with Gasteiger partial charge in [0.05, 0.1) is 17.9 Å². The van der Waals surface area contributed by atoms with Crippen molar-refractivity contribution in [3.8, 4) is 0 Å². The molecule has 1 aliphatic rings. The summed E-state index contributed by atoms with van der Waals surface area (Å²) in [7, 11) is 0.0360. The summed E-state index contributed by atoms with van der Waals surface area (Å²) in [6.45, 7) is 3.98. The summed E-state index contributed by atoms with van der Waals surface area (Å²) in [4.78, 5) is 15.9. The number of hydrogen-bond donors (Lipinski definition) is 0. The van der Waals surface area contributed by atoms with E-state index in [1.165, 1.54) is 15.5 Å².